The topological polar surface area (TPSA) is 80.1 Å². The van der Waals surface area contributed by atoms with Gasteiger partial charge in [-0.25, -0.2) is 9.67 Å². The Bertz CT molecular complexity index is 1030. The van der Waals surface area contributed by atoms with Crippen LogP contribution in [-0.4, -0.2) is 44.1 Å². The molecule has 3 aromatic rings. The molecule has 4 heterocycles. The van der Waals surface area contributed by atoms with Crippen molar-refractivity contribution in [3.05, 3.63) is 63.7 Å². The van der Waals surface area contributed by atoms with Crippen LogP contribution in [0.25, 0.3) is 5.82 Å². The first-order valence-electron chi connectivity index (χ1n) is 10.1. The lowest BCUT2D eigenvalue weighted by Gasteiger charge is -2.34. The van der Waals surface area contributed by atoms with Gasteiger partial charge in [0.05, 0.1) is 10.6 Å². The molecule has 1 atom stereocenters. The third-order valence-corrected chi connectivity index (χ3v) is 6.16. The molecule has 3 aromatic heterocycles. The first kappa shape index (κ1) is 20.3. The highest BCUT2D eigenvalue weighted by molar-refractivity contribution is 7.12. The Hall–Kier alpha value is -3.00. The maximum Gasteiger partial charge on any atom is 0.264 e. The Kier molecular flexibility index (Phi) is 5.94. The summed E-state index contributed by atoms with van der Waals surface area (Å²) in [6.07, 6.45) is 4.32. The van der Waals surface area contributed by atoms with Gasteiger partial charge in [0, 0.05) is 25.0 Å². The monoisotopic (exact) mass is 423 g/mol. The summed E-state index contributed by atoms with van der Waals surface area (Å²) in [7, 11) is 0. The predicted octanol–water partition coefficient (Wildman–Crippen LogP) is 3.26. The summed E-state index contributed by atoms with van der Waals surface area (Å²) in [6.45, 7) is 4.93. The van der Waals surface area contributed by atoms with Crippen LogP contribution in [0.2, 0.25) is 0 Å². The minimum atomic E-state index is -0.421. The quantitative estimate of drug-likeness (QED) is 0.683. The lowest BCUT2D eigenvalue weighted by Crippen LogP contribution is -2.51. The zero-order valence-electron chi connectivity index (χ0n) is 17.2. The Morgan fingerprint density at radius 2 is 2.10 bits per heavy atom. The average molecular weight is 424 g/mol. The van der Waals surface area contributed by atoms with Gasteiger partial charge in [0.15, 0.2) is 5.82 Å². The number of carbonyl (C=O) groups is 2. The molecule has 1 aliphatic rings. The molecule has 156 valence electrons. The number of piperidine rings is 1. The summed E-state index contributed by atoms with van der Waals surface area (Å²) in [4.78, 5) is 32.5. The number of hydrogen-bond acceptors (Lipinski definition) is 5. The number of rotatable bonds is 5. The number of thiophene rings is 1. The van der Waals surface area contributed by atoms with Gasteiger partial charge in [0.2, 0.25) is 5.91 Å². The SMILES string of the molecule is Cc1cc(C)n(-c2ccc(CNC(=O)C3CCCCN3C(=O)c3cccs3)cn2)n1. The van der Waals surface area contributed by atoms with E-state index >= 15 is 0 Å². The van der Waals surface area contributed by atoms with Crippen molar-refractivity contribution in [2.24, 2.45) is 0 Å². The molecule has 1 saturated heterocycles. The van der Waals surface area contributed by atoms with E-state index in [1.165, 1.54) is 11.3 Å². The van der Waals surface area contributed by atoms with E-state index in [-0.39, 0.29) is 11.8 Å². The smallest absolute Gasteiger partial charge is 0.264 e. The molecular formula is C22H25N5O2S. The van der Waals surface area contributed by atoms with Gasteiger partial charge in [0.25, 0.3) is 5.91 Å². The van der Waals surface area contributed by atoms with Crippen LogP contribution in [-0.2, 0) is 11.3 Å². The summed E-state index contributed by atoms with van der Waals surface area (Å²) >= 11 is 1.41. The fourth-order valence-corrected chi connectivity index (χ4v) is 4.48. The van der Waals surface area contributed by atoms with E-state index in [4.69, 9.17) is 0 Å². The number of hydrogen-bond donors (Lipinski definition) is 1. The van der Waals surface area contributed by atoms with Crippen molar-refractivity contribution in [3.8, 4) is 5.82 Å². The fourth-order valence-electron chi connectivity index (χ4n) is 3.80. The van der Waals surface area contributed by atoms with Gasteiger partial charge in [-0.2, -0.15) is 5.10 Å². The molecular weight excluding hydrogens is 398 g/mol. The molecule has 1 N–H and O–H groups in total. The van der Waals surface area contributed by atoms with Crippen LogP contribution < -0.4 is 5.32 Å². The van der Waals surface area contributed by atoms with Crippen LogP contribution in [0.4, 0.5) is 0 Å². The second kappa shape index (κ2) is 8.79. The lowest BCUT2D eigenvalue weighted by molar-refractivity contribution is -0.126. The van der Waals surface area contributed by atoms with Gasteiger partial charge in [0.1, 0.15) is 6.04 Å². The Labute approximate surface area is 179 Å². The lowest BCUT2D eigenvalue weighted by atomic mass is 10.0. The Morgan fingerprint density at radius 1 is 1.23 bits per heavy atom. The number of nitrogens with one attached hydrogen (secondary N) is 1. The molecule has 1 fully saturated rings. The number of likely N-dealkylation sites (tertiary alicyclic amines) is 1. The van der Waals surface area contributed by atoms with Crippen molar-refractivity contribution in [1.29, 1.82) is 0 Å². The van der Waals surface area contributed by atoms with Crippen LogP contribution in [0.15, 0.2) is 41.9 Å². The second-order valence-corrected chi connectivity index (χ2v) is 8.52. The largest absolute Gasteiger partial charge is 0.350 e. The molecule has 0 saturated carbocycles. The highest BCUT2D eigenvalue weighted by atomic mass is 32.1. The highest BCUT2D eigenvalue weighted by Gasteiger charge is 2.32. The third kappa shape index (κ3) is 4.28. The molecule has 2 amide bonds. The predicted molar refractivity (Wildman–Crippen MR) is 116 cm³/mol. The van der Waals surface area contributed by atoms with Crippen molar-refractivity contribution in [1.82, 2.24) is 25.0 Å². The maximum atomic E-state index is 12.9. The number of aromatic nitrogens is 3. The van der Waals surface area contributed by atoms with E-state index in [0.29, 0.717) is 24.4 Å². The van der Waals surface area contributed by atoms with E-state index in [1.54, 1.807) is 15.8 Å². The number of aryl methyl sites for hydroxylation is 2. The molecule has 1 unspecified atom stereocenters. The number of pyridine rings is 1. The van der Waals surface area contributed by atoms with Crippen molar-refractivity contribution in [2.45, 2.75) is 45.7 Å². The van der Waals surface area contributed by atoms with Gasteiger partial charge in [-0.05, 0) is 62.3 Å². The van der Waals surface area contributed by atoms with Crippen molar-refractivity contribution in [3.63, 3.8) is 0 Å². The average Bonchev–Trinajstić information content (AvgIpc) is 3.41. The molecule has 0 spiro atoms. The summed E-state index contributed by atoms with van der Waals surface area (Å²) in [5.74, 6) is 0.582. The van der Waals surface area contributed by atoms with Crippen LogP contribution >= 0.6 is 11.3 Å². The van der Waals surface area contributed by atoms with Crippen LogP contribution in [0.5, 0.6) is 0 Å². The summed E-state index contributed by atoms with van der Waals surface area (Å²) in [5, 5.41) is 9.30. The molecule has 0 bridgehead atoms. The van der Waals surface area contributed by atoms with Gasteiger partial charge in [-0.1, -0.05) is 12.1 Å². The third-order valence-electron chi connectivity index (χ3n) is 5.30. The molecule has 7 nitrogen and oxygen atoms in total. The van der Waals surface area contributed by atoms with E-state index in [2.05, 4.69) is 15.4 Å². The first-order chi connectivity index (χ1) is 14.5. The molecule has 1 aliphatic heterocycles. The molecule has 0 aromatic carbocycles. The standard InChI is InChI=1S/C22H25N5O2S/c1-15-12-16(2)27(25-15)20-9-8-17(13-23-20)14-24-21(28)18-6-3-4-10-26(18)22(29)19-7-5-11-30-19/h5,7-9,11-13,18H,3-4,6,10,14H2,1-2H3,(H,24,28). The number of nitrogens with zero attached hydrogens (tertiary/aromatic N) is 4. The van der Waals surface area contributed by atoms with Crippen LogP contribution in [0, 0.1) is 13.8 Å². The number of amides is 2. The Morgan fingerprint density at radius 3 is 2.77 bits per heavy atom. The normalized spacial score (nSPS) is 16.5. The minimum Gasteiger partial charge on any atom is -0.350 e. The van der Waals surface area contributed by atoms with E-state index in [0.717, 1.165) is 35.6 Å². The van der Waals surface area contributed by atoms with Gasteiger partial charge < -0.3 is 10.2 Å². The molecule has 4 rings (SSSR count). The van der Waals surface area contributed by atoms with E-state index < -0.39 is 6.04 Å². The Balaban J connectivity index is 1.39. The molecule has 8 heteroatoms. The molecule has 0 radical (unpaired) electrons. The molecule has 30 heavy (non-hydrogen) atoms. The van der Waals surface area contributed by atoms with Gasteiger partial charge >= 0.3 is 0 Å². The van der Waals surface area contributed by atoms with E-state index in [9.17, 15) is 9.59 Å². The zero-order valence-corrected chi connectivity index (χ0v) is 18.0. The first-order valence-corrected chi connectivity index (χ1v) is 11.0. The maximum absolute atomic E-state index is 12.9. The fraction of sp³-hybridized carbons (Fsp3) is 0.364. The summed E-state index contributed by atoms with van der Waals surface area (Å²) < 4.78 is 1.80. The van der Waals surface area contributed by atoms with Crippen molar-refractivity contribution in [2.75, 3.05) is 6.54 Å². The zero-order chi connectivity index (χ0) is 21.1. The second-order valence-electron chi connectivity index (χ2n) is 7.57. The molecule has 0 aliphatic carbocycles. The van der Waals surface area contributed by atoms with Crippen LogP contribution in [0.3, 0.4) is 0 Å². The number of carbonyl (C=O) groups excluding carboxylic acids is 2. The summed E-state index contributed by atoms with van der Waals surface area (Å²) in [5.41, 5.74) is 2.87. The van der Waals surface area contributed by atoms with Crippen LogP contribution in [0.1, 0.15) is 45.9 Å². The van der Waals surface area contributed by atoms with Gasteiger partial charge in [-0.15, -0.1) is 11.3 Å². The minimum absolute atomic E-state index is 0.0549. The van der Waals surface area contributed by atoms with E-state index in [1.807, 2.05) is 49.6 Å². The van der Waals surface area contributed by atoms with Crippen molar-refractivity contribution < 1.29 is 9.59 Å². The highest BCUT2D eigenvalue weighted by Crippen LogP contribution is 2.22. The summed E-state index contributed by atoms with van der Waals surface area (Å²) in [6, 6.07) is 9.09. The van der Waals surface area contributed by atoms with Crippen molar-refractivity contribution >= 4 is 23.2 Å². The van der Waals surface area contributed by atoms with Gasteiger partial charge in [-0.3, -0.25) is 9.59 Å².